The molecule has 0 aliphatic rings. The molecule has 0 amide bonds. The molecule has 5 heteroatoms. The van der Waals surface area contributed by atoms with E-state index in [9.17, 15) is 4.39 Å². The number of rotatable bonds is 4. The lowest BCUT2D eigenvalue weighted by Crippen LogP contribution is -2.18. The van der Waals surface area contributed by atoms with Crippen molar-refractivity contribution in [1.82, 2.24) is 0 Å². The first-order valence-corrected chi connectivity index (χ1v) is 7.70. The van der Waals surface area contributed by atoms with Crippen LogP contribution in [0.15, 0.2) is 45.3 Å². The van der Waals surface area contributed by atoms with Gasteiger partial charge in [-0.3, -0.25) is 0 Å². The van der Waals surface area contributed by atoms with Crippen molar-refractivity contribution in [2.75, 3.05) is 0 Å². The highest BCUT2D eigenvalue weighted by Gasteiger charge is 2.09. The van der Waals surface area contributed by atoms with Gasteiger partial charge < -0.3 is 10.5 Å². The van der Waals surface area contributed by atoms with Crippen molar-refractivity contribution in [1.29, 1.82) is 0 Å². The number of hydrogen-bond donors (Lipinski definition) is 1. The summed E-state index contributed by atoms with van der Waals surface area (Å²) in [6.07, 6.45) is 0.694. The Bertz CT molecular complexity index is 597. The van der Waals surface area contributed by atoms with Crippen LogP contribution in [0, 0.1) is 5.82 Å². The van der Waals surface area contributed by atoms with Gasteiger partial charge >= 0.3 is 0 Å². The molecule has 0 spiro atoms. The van der Waals surface area contributed by atoms with Gasteiger partial charge in [0, 0.05) is 21.1 Å². The largest absolute Gasteiger partial charge is 0.457 e. The first kappa shape index (κ1) is 15.5. The molecule has 0 aliphatic heterocycles. The summed E-state index contributed by atoms with van der Waals surface area (Å²) in [5.41, 5.74) is 6.83. The number of benzene rings is 2. The van der Waals surface area contributed by atoms with Gasteiger partial charge in [0.25, 0.3) is 0 Å². The van der Waals surface area contributed by atoms with Gasteiger partial charge in [0.15, 0.2) is 0 Å². The Hall–Kier alpha value is -0.910. The quantitative estimate of drug-likeness (QED) is 0.777. The molecule has 0 saturated heterocycles. The molecule has 0 fully saturated rings. The summed E-state index contributed by atoms with van der Waals surface area (Å²) in [5, 5.41) is 0. The van der Waals surface area contributed by atoms with Gasteiger partial charge in [-0.15, -0.1) is 0 Å². The van der Waals surface area contributed by atoms with Crippen LogP contribution in [0.3, 0.4) is 0 Å². The first-order valence-electron chi connectivity index (χ1n) is 6.12. The maximum Gasteiger partial charge on any atom is 0.131 e. The van der Waals surface area contributed by atoms with Gasteiger partial charge in [0.1, 0.15) is 17.3 Å². The highest BCUT2D eigenvalue weighted by molar-refractivity contribution is 9.10. The Kier molecular flexibility index (Phi) is 5.18. The fourth-order valence-corrected chi connectivity index (χ4v) is 2.64. The molecule has 1 atom stereocenters. The van der Waals surface area contributed by atoms with Crippen LogP contribution in [0.2, 0.25) is 0 Å². The summed E-state index contributed by atoms with van der Waals surface area (Å²) in [4.78, 5) is 0. The van der Waals surface area contributed by atoms with Crippen LogP contribution in [0.1, 0.15) is 12.5 Å². The maximum atomic E-state index is 13.4. The molecule has 0 heterocycles. The Morgan fingerprint density at radius 3 is 2.55 bits per heavy atom. The minimum atomic E-state index is -0.349. The van der Waals surface area contributed by atoms with E-state index in [2.05, 4.69) is 31.9 Å². The Morgan fingerprint density at radius 2 is 1.90 bits per heavy atom. The standard InChI is InChI=1S/C15H14Br2FNO/c1-9(19)4-10-2-3-11(16)7-15(10)20-14-6-12(17)5-13(18)8-14/h2-3,5-9H,4,19H2,1H3. The zero-order valence-electron chi connectivity index (χ0n) is 10.9. The maximum absolute atomic E-state index is 13.4. The molecule has 2 nitrogen and oxygen atoms in total. The Balaban J connectivity index is 2.33. The molecule has 0 bridgehead atoms. The third kappa shape index (κ3) is 4.30. The second-order valence-corrected chi connectivity index (χ2v) is 6.47. The van der Waals surface area contributed by atoms with Crippen LogP contribution in [-0.2, 0) is 6.42 Å². The van der Waals surface area contributed by atoms with Crippen LogP contribution < -0.4 is 10.5 Å². The van der Waals surface area contributed by atoms with Crippen molar-refractivity contribution in [3.05, 3.63) is 56.7 Å². The van der Waals surface area contributed by atoms with Gasteiger partial charge in [-0.2, -0.15) is 0 Å². The molecule has 0 saturated carbocycles. The van der Waals surface area contributed by atoms with E-state index in [1.54, 1.807) is 6.07 Å². The molecule has 0 aliphatic carbocycles. The minimum absolute atomic E-state index is 0.0257. The van der Waals surface area contributed by atoms with E-state index in [-0.39, 0.29) is 11.9 Å². The normalized spacial score (nSPS) is 12.2. The lowest BCUT2D eigenvalue weighted by atomic mass is 10.1. The van der Waals surface area contributed by atoms with Gasteiger partial charge in [-0.25, -0.2) is 4.39 Å². The van der Waals surface area contributed by atoms with E-state index in [4.69, 9.17) is 10.5 Å². The van der Waals surface area contributed by atoms with Crippen molar-refractivity contribution < 1.29 is 9.13 Å². The second-order valence-electron chi connectivity index (χ2n) is 4.64. The molecule has 1 unspecified atom stereocenters. The summed E-state index contributed by atoms with van der Waals surface area (Å²) in [7, 11) is 0. The van der Waals surface area contributed by atoms with Crippen LogP contribution >= 0.6 is 31.9 Å². The minimum Gasteiger partial charge on any atom is -0.457 e. The smallest absolute Gasteiger partial charge is 0.131 e. The Labute approximate surface area is 134 Å². The van der Waals surface area contributed by atoms with E-state index in [0.29, 0.717) is 22.4 Å². The average molecular weight is 403 g/mol. The van der Waals surface area contributed by atoms with E-state index in [0.717, 1.165) is 10.0 Å². The summed E-state index contributed by atoms with van der Waals surface area (Å²) in [6.45, 7) is 1.94. The van der Waals surface area contributed by atoms with Gasteiger partial charge in [-0.1, -0.05) is 37.9 Å². The number of ether oxygens (including phenoxy) is 1. The number of nitrogens with two attached hydrogens (primary N) is 1. The van der Waals surface area contributed by atoms with Gasteiger partial charge in [0.2, 0.25) is 0 Å². The van der Waals surface area contributed by atoms with Gasteiger partial charge in [-0.05, 0) is 43.2 Å². The van der Waals surface area contributed by atoms with Gasteiger partial charge in [0.05, 0.1) is 0 Å². The molecule has 2 aromatic rings. The first-order chi connectivity index (χ1) is 9.44. The third-order valence-electron chi connectivity index (χ3n) is 2.63. The van der Waals surface area contributed by atoms with Crippen LogP contribution in [-0.4, -0.2) is 6.04 Å². The van der Waals surface area contributed by atoms with Crippen LogP contribution in [0.5, 0.6) is 11.5 Å². The Morgan fingerprint density at radius 1 is 1.15 bits per heavy atom. The molecular formula is C15H14Br2FNO. The fourth-order valence-electron chi connectivity index (χ4n) is 1.85. The summed E-state index contributed by atoms with van der Waals surface area (Å²) < 4.78 is 20.7. The SMILES string of the molecule is CC(N)Cc1ccc(Br)cc1Oc1cc(F)cc(Br)c1. The molecule has 20 heavy (non-hydrogen) atoms. The third-order valence-corrected chi connectivity index (χ3v) is 3.59. The molecule has 2 rings (SSSR count). The van der Waals surface area contributed by atoms with Crippen molar-refractivity contribution in [2.24, 2.45) is 5.73 Å². The molecule has 2 N–H and O–H groups in total. The fraction of sp³-hybridized carbons (Fsp3) is 0.200. The highest BCUT2D eigenvalue weighted by Crippen LogP contribution is 2.31. The highest BCUT2D eigenvalue weighted by atomic mass is 79.9. The number of hydrogen-bond acceptors (Lipinski definition) is 2. The zero-order valence-corrected chi connectivity index (χ0v) is 14.0. The number of halogens is 3. The second kappa shape index (κ2) is 6.70. The monoisotopic (exact) mass is 401 g/mol. The summed E-state index contributed by atoms with van der Waals surface area (Å²) >= 11 is 6.66. The van der Waals surface area contributed by atoms with E-state index >= 15 is 0 Å². The predicted octanol–water partition coefficient (Wildman–Crippen LogP) is 5.03. The van der Waals surface area contributed by atoms with Crippen LogP contribution in [0.25, 0.3) is 0 Å². The van der Waals surface area contributed by atoms with Crippen molar-refractivity contribution >= 4 is 31.9 Å². The predicted molar refractivity (Wildman–Crippen MR) is 85.7 cm³/mol. The van der Waals surface area contributed by atoms with E-state index in [1.807, 2.05) is 25.1 Å². The van der Waals surface area contributed by atoms with Crippen molar-refractivity contribution in [3.63, 3.8) is 0 Å². The lowest BCUT2D eigenvalue weighted by molar-refractivity contribution is 0.467. The zero-order chi connectivity index (χ0) is 14.7. The summed E-state index contributed by atoms with van der Waals surface area (Å²) in [5.74, 6) is 0.771. The summed E-state index contributed by atoms with van der Waals surface area (Å²) in [6, 6.07) is 10.2. The lowest BCUT2D eigenvalue weighted by Gasteiger charge is -2.13. The molecule has 0 aromatic heterocycles. The van der Waals surface area contributed by atoms with Crippen molar-refractivity contribution in [2.45, 2.75) is 19.4 Å². The van der Waals surface area contributed by atoms with E-state index in [1.165, 1.54) is 12.1 Å². The molecule has 106 valence electrons. The van der Waals surface area contributed by atoms with Crippen molar-refractivity contribution in [3.8, 4) is 11.5 Å². The molecule has 0 radical (unpaired) electrons. The molecule has 2 aromatic carbocycles. The average Bonchev–Trinajstić information content (AvgIpc) is 2.31. The van der Waals surface area contributed by atoms with Crippen LogP contribution in [0.4, 0.5) is 4.39 Å². The molecular weight excluding hydrogens is 389 g/mol. The van der Waals surface area contributed by atoms with E-state index < -0.39 is 0 Å². The topological polar surface area (TPSA) is 35.2 Å².